The van der Waals surface area contributed by atoms with Gasteiger partial charge in [0.15, 0.2) is 5.82 Å². The Morgan fingerprint density at radius 2 is 1.60 bits per heavy atom. The molecule has 0 aliphatic heterocycles. The molecule has 7 nitrogen and oxygen atoms in total. The van der Waals surface area contributed by atoms with Gasteiger partial charge in [-0.1, -0.05) is 60.5 Å². The van der Waals surface area contributed by atoms with Crippen LogP contribution in [0.1, 0.15) is 40.0 Å². The highest BCUT2D eigenvalue weighted by Crippen LogP contribution is 2.46. The summed E-state index contributed by atoms with van der Waals surface area (Å²) in [5.74, 6) is 0.930. The van der Waals surface area contributed by atoms with Gasteiger partial charge in [-0.15, -0.1) is 0 Å². The fourth-order valence-electron chi connectivity index (χ4n) is 4.37. The van der Waals surface area contributed by atoms with Gasteiger partial charge >= 0.3 is 11.8 Å². The zero-order chi connectivity index (χ0) is 28.1. The summed E-state index contributed by atoms with van der Waals surface area (Å²) in [4.78, 5) is 41.3. The van der Waals surface area contributed by atoms with E-state index in [0.717, 1.165) is 35.4 Å². The van der Waals surface area contributed by atoms with Crippen LogP contribution in [0.3, 0.4) is 0 Å². The summed E-state index contributed by atoms with van der Waals surface area (Å²) in [6.45, 7) is -0.296. The van der Waals surface area contributed by atoms with Crippen molar-refractivity contribution < 1.29 is 23.2 Å². The lowest BCUT2D eigenvalue weighted by Crippen LogP contribution is -2.40. The Bertz CT molecular complexity index is 1690. The van der Waals surface area contributed by atoms with Gasteiger partial charge in [0.05, 0.1) is 18.3 Å². The molecule has 0 radical (unpaired) electrons. The molecule has 0 spiro atoms. The fraction of sp³-hybridized carbons (Fsp3) is 0.161. The first-order valence-electron chi connectivity index (χ1n) is 12.6. The van der Waals surface area contributed by atoms with Gasteiger partial charge in [0.2, 0.25) is 0 Å². The number of hydrogen-bond acceptors (Lipinski definition) is 4. The number of fused-ring (bicyclic) bond motifs is 1. The molecule has 200 valence electrons. The van der Waals surface area contributed by atoms with Crippen LogP contribution in [0.4, 0.5) is 8.78 Å². The van der Waals surface area contributed by atoms with Gasteiger partial charge in [-0.2, -0.15) is 0 Å². The van der Waals surface area contributed by atoms with Crippen LogP contribution in [0, 0.1) is 23.5 Å². The van der Waals surface area contributed by atoms with Gasteiger partial charge < -0.3 is 16.0 Å². The molecule has 1 aliphatic carbocycles. The van der Waals surface area contributed by atoms with Crippen LogP contribution in [0.15, 0.2) is 79.0 Å². The van der Waals surface area contributed by atoms with Gasteiger partial charge in [-0.05, 0) is 52.8 Å². The molecule has 9 heteroatoms. The standard InChI is InChI=1S/C31H24F2N4O3/c32-24-17-26(33)27(35-19-24)10-5-15-34-29(39)30(40)36-18-22-8-3-4-9-25(22)28(38)37-31(13-14-31)23-12-11-20-6-1-2-7-21(20)16-23/h1-4,6-9,11-12,16-17,19H,13-15,18H2,(H,34,39)(H,36,40)(H,37,38). The lowest BCUT2D eigenvalue weighted by Gasteiger charge is -2.20. The first-order valence-corrected chi connectivity index (χ1v) is 12.6. The number of nitrogens with one attached hydrogen (secondary N) is 3. The predicted octanol–water partition coefficient (Wildman–Crippen LogP) is 3.72. The molecule has 0 atom stereocenters. The minimum atomic E-state index is -0.947. The van der Waals surface area contributed by atoms with E-state index in [-0.39, 0.29) is 24.7 Å². The van der Waals surface area contributed by atoms with Crippen LogP contribution >= 0.6 is 0 Å². The van der Waals surface area contributed by atoms with Crippen LogP contribution in [0.5, 0.6) is 0 Å². The van der Waals surface area contributed by atoms with Crippen molar-refractivity contribution in [1.82, 2.24) is 20.9 Å². The highest BCUT2D eigenvalue weighted by molar-refractivity contribution is 6.35. The number of nitrogens with zero attached hydrogens (tertiary/aromatic N) is 1. The molecule has 0 saturated heterocycles. The summed E-state index contributed by atoms with van der Waals surface area (Å²) >= 11 is 0. The van der Waals surface area contributed by atoms with Gasteiger partial charge in [-0.3, -0.25) is 14.4 Å². The maximum Gasteiger partial charge on any atom is 0.310 e. The largest absolute Gasteiger partial charge is 0.344 e. The average Bonchev–Trinajstić information content (AvgIpc) is 3.75. The van der Waals surface area contributed by atoms with Crippen molar-refractivity contribution in [2.75, 3.05) is 6.54 Å². The molecule has 1 aromatic heterocycles. The summed E-state index contributed by atoms with van der Waals surface area (Å²) < 4.78 is 26.5. The van der Waals surface area contributed by atoms with Crippen molar-refractivity contribution in [3.05, 3.63) is 113 Å². The van der Waals surface area contributed by atoms with E-state index in [9.17, 15) is 23.2 Å². The van der Waals surface area contributed by atoms with E-state index in [4.69, 9.17) is 0 Å². The maximum atomic E-state index is 13.6. The van der Waals surface area contributed by atoms with Crippen molar-refractivity contribution in [3.63, 3.8) is 0 Å². The van der Waals surface area contributed by atoms with E-state index in [2.05, 4.69) is 44.9 Å². The second-order valence-electron chi connectivity index (χ2n) is 9.41. The average molecular weight is 539 g/mol. The molecular weight excluding hydrogens is 514 g/mol. The Morgan fingerprint density at radius 3 is 2.38 bits per heavy atom. The van der Waals surface area contributed by atoms with Crippen molar-refractivity contribution in [3.8, 4) is 11.8 Å². The molecule has 3 amide bonds. The summed E-state index contributed by atoms with van der Waals surface area (Å²) in [6.07, 6.45) is 2.47. The zero-order valence-electron chi connectivity index (χ0n) is 21.3. The third kappa shape index (κ3) is 5.97. The second kappa shape index (κ2) is 11.3. The quantitative estimate of drug-likeness (QED) is 0.257. The normalized spacial score (nSPS) is 13.1. The summed E-state index contributed by atoms with van der Waals surface area (Å²) in [6, 6.07) is 21.8. The first-order chi connectivity index (χ1) is 19.3. The Kier molecular flexibility index (Phi) is 7.51. The number of hydrogen-bond donors (Lipinski definition) is 3. The molecule has 4 aromatic rings. The number of carbonyl (C=O) groups excluding carboxylic acids is 3. The number of carbonyl (C=O) groups is 3. The lowest BCUT2D eigenvalue weighted by atomic mass is 9.99. The Hall–Kier alpha value is -5.10. The fourth-order valence-corrected chi connectivity index (χ4v) is 4.37. The van der Waals surface area contributed by atoms with Gasteiger partial charge in [0, 0.05) is 18.2 Å². The molecule has 3 N–H and O–H groups in total. The SMILES string of the molecule is O=C(NCC#Cc1ncc(F)cc1F)C(=O)NCc1ccccc1C(=O)NC1(c2ccc3ccccc3c2)CC1. The first kappa shape index (κ1) is 26.5. The number of pyridine rings is 1. The number of aromatic nitrogens is 1. The van der Waals surface area contributed by atoms with Crippen LogP contribution in [0.25, 0.3) is 10.8 Å². The van der Waals surface area contributed by atoms with E-state index in [0.29, 0.717) is 17.2 Å². The van der Waals surface area contributed by atoms with Crippen molar-refractivity contribution in [2.24, 2.45) is 0 Å². The van der Waals surface area contributed by atoms with Crippen LogP contribution < -0.4 is 16.0 Å². The number of amides is 3. The third-order valence-electron chi connectivity index (χ3n) is 6.66. The second-order valence-corrected chi connectivity index (χ2v) is 9.41. The Balaban J connectivity index is 1.18. The van der Waals surface area contributed by atoms with Crippen LogP contribution in [0.2, 0.25) is 0 Å². The van der Waals surface area contributed by atoms with Crippen molar-refractivity contribution in [2.45, 2.75) is 24.9 Å². The smallest absolute Gasteiger partial charge is 0.310 e. The number of halogens is 2. The molecule has 1 aliphatic rings. The van der Waals surface area contributed by atoms with Gasteiger partial charge in [-0.25, -0.2) is 13.8 Å². The molecule has 0 unspecified atom stereocenters. The topological polar surface area (TPSA) is 100 Å². The number of rotatable bonds is 6. The minimum absolute atomic E-state index is 0.0464. The van der Waals surface area contributed by atoms with Gasteiger partial charge in [0.25, 0.3) is 5.91 Å². The van der Waals surface area contributed by atoms with E-state index < -0.39 is 29.0 Å². The van der Waals surface area contributed by atoms with Crippen LogP contribution in [-0.2, 0) is 21.7 Å². The Morgan fingerprint density at radius 1 is 0.875 bits per heavy atom. The summed E-state index contributed by atoms with van der Waals surface area (Å²) in [7, 11) is 0. The zero-order valence-corrected chi connectivity index (χ0v) is 21.3. The van der Waals surface area contributed by atoms with Crippen LogP contribution in [-0.4, -0.2) is 29.3 Å². The summed E-state index contributed by atoms with van der Waals surface area (Å²) in [5.41, 5.74) is 1.28. The van der Waals surface area contributed by atoms with E-state index in [1.165, 1.54) is 0 Å². The minimum Gasteiger partial charge on any atom is -0.344 e. The molecule has 1 heterocycles. The molecule has 1 fully saturated rings. The highest BCUT2D eigenvalue weighted by Gasteiger charge is 2.46. The lowest BCUT2D eigenvalue weighted by molar-refractivity contribution is -0.139. The predicted molar refractivity (Wildman–Crippen MR) is 145 cm³/mol. The molecule has 1 saturated carbocycles. The monoisotopic (exact) mass is 538 g/mol. The molecule has 3 aromatic carbocycles. The molecular formula is C31H24F2N4O3. The molecule has 40 heavy (non-hydrogen) atoms. The van der Waals surface area contributed by atoms with E-state index >= 15 is 0 Å². The maximum absolute atomic E-state index is 13.6. The number of benzene rings is 3. The highest BCUT2D eigenvalue weighted by atomic mass is 19.1. The molecule has 5 rings (SSSR count). The Labute approximate surface area is 229 Å². The summed E-state index contributed by atoms with van der Waals surface area (Å²) in [5, 5.41) is 10.2. The third-order valence-corrected chi connectivity index (χ3v) is 6.66. The van der Waals surface area contributed by atoms with E-state index in [1.54, 1.807) is 24.3 Å². The molecule has 0 bridgehead atoms. The van der Waals surface area contributed by atoms with Crippen molar-refractivity contribution in [1.29, 1.82) is 0 Å². The van der Waals surface area contributed by atoms with Gasteiger partial charge in [0.1, 0.15) is 11.5 Å². The van der Waals surface area contributed by atoms with E-state index in [1.807, 2.05) is 30.3 Å². The van der Waals surface area contributed by atoms with Crippen molar-refractivity contribution >= 4 is 28.5 Å².